The summed E-state index contributed by atoms with van der Waals surface area (Å²) in [6, 6.07) is -2.25. The summed E-state index contributed by atoms with van der Waals surface area (Å²) in [5, 5.41) is 17.9. The Morgan fingerprint density at radius 3 is 1.81 bits per heavy atom. The van der Waals surface area contributed by atoms with E-state index in [0.29, 0.717) is 42.6 Å². The number of aromatic nitrogens is 8. The number of H-pyrrole nitrogens is 2. The summed E-state index contributed by atoms with van der Waals surface area (Å²) in [6.45, 7) is 2.51. The van der Waals surface area contributed by atoms with Crippen LogP contribution in [0.3, 0.4) is 0 Å². The number of nitrogens with one attached hydrogen (secondary N) is 4. The van der Waals surface area contributed by atoms with Crippen LogP contribution in [-0.4, -0.2) is 139 Å². The van der Waals surface area contributed by atoms with Crippen molar-refractivity contribution < 1.29 is 24.1 Å². The Bertz CT molecular complexity index is 1700. The molecule has 20 heteroatoms. The number of aromatic amines is 2. The van der Waals surface area contributed by atoms with Gasteiger partial charge in [0.1, 0.15) is 54.2 Å². The second-order valence-electron chi connectivity index (χ2n) is 14.1. The first-order chi connectivity index (χ1) is 26.4. The molecular weight excluding hydrogens is 698 g/mol. The molecule has 15 N–H and O–H groups in total. The quantitative estimate of drug-likeness (QED) is 0.0483. The summed E-state index contributed by atoms with van der Waals surface area (Å²) in [7, 11) is 0. The second kappa shape index (κ2) is 19.8. The van der Waals surface area contributed by atoms with E-state index in [1.807, 2.05) is 0 Å². The molecule has 4 aromatic heterocycles. The molecular formula is C34H57N15O5. The van der Waals surface area contributed by atoms with Gasteiger partial charge in [-0.1, -0.05) is 25.7 Å². The summed E-state index contributed by atoms with van der Waals surface area (Å²) in [5.74, 6) is 1.43. The number of nitrogens with zero attached hydrogens (tertiary/aromatic N) is 6. The van der Waals surface area contributed by atoms with Crippen molar-refractivity contribution >= 4 is 34.0 Å². The molecule has 0 spiro atoms. The van der Waals surface area contributed by atoms with Crippen LogP contribution in [0.5, 0.6) is 0 Å². The maximum Gasteiger partial charge on any atom is 0.176 e. The lowest BCUT2D eigenvalue weighted by Gasteiger charge is -2.48. The van der Waals surface area contributed by atoms with Crippen LogP contribution in [0, 0.1) is 0 Å². The molecule has 10 atom stereocenters. The second-order valence-corrected chi connectivity index (χ2v) is 14.1. The molecule has 2 fully saturated rings. The molecule has 0 amide bonds. The van der Waals surface area contributed by atoms with Crippen LogP contribution >= 0.6 is 0 Å². The smallest absolute Gasteiger partial charge is 0.176 e. The molecule has 20 nitrogen and oxygen atoms in total. The minimum Gasteiger partial charge on any atom is -0.388 e. The fourth-order valence-corrected chi connectivity index (χ4v) is 7.11. The summed E-state index contributed by atoms with van der Waals surface area (Å²) in [6.07, 6.45) is 9.42. The molecule has 1 saturated carbocycles. The number of aliphatic hydroxyl groups is 1. The van der Waals surface area contributed by atoms with Gasteiger partial charge in [0.2, 0.25) is 0 Å². The van der Waals surface area contributed by atoms with Crippen molar-refractivity contribution in [3.05, 3.63) is 25.3 Å². The van der Waals surface area contributed by atoms with E-state index in [0.717, 1.165) is 75.5 Å². The largest absolute Gasteiger partial charge is 0.388 e. The highest BCUT2D eigenvalue weighted by atomic mass is 16.7. The molecule has 0 radical (unpaired) electrons. The molecule has 2 aliphatic rings. The number of hydrogen-bond acceptors (Lipinski definition) is 18. The SMILES string of the molecule is NCC1OC(OC2C(N)CC(N)C(N)C2OCCCCCCNc2ncnc3[nH]cnc23)C(N)C(O)C1OCCCCCCNc1ncnc2[nH]cnc12. The van der Waals surface area contributed by atoms with Gasteiger partial charge < -0.3 is 73.3 Å². The third-order valence-corrected chi connectivity index (χ3v) is 10.2. The van der Waals surface area contributed by atoms with Gasteiger partial charge in [0.05, 0.1) is 18.7 Å². The van der Waals surface area contributed by atoms with Crippen molar-refractivity contribution in [2.45, 2.75) is 119 Å². The zero-order valence-corrected chi connectivity index (χ0v) is 30.6. The summed E-state index contributed by atoms with van der Waals surface area (Å²) >= 11 is 0. The Morgan fingerprint density at radius 2 is 1.24 bits per heavy atom. The van der Waals surface area contributed by atoms with Crippen LogP contribution < -0.4 is 39.3 Å². The van der Waals surface area contributed by atoms with E-state index in [-0.39, 0.29) is 12.6 Å². The van der Waals surface area contributed by atoms with E-state index in [1.54, 1.807) is 12.7 Å². The van der Waals surface area contributed by atoms with Crippen LogP contribution in [0.15, 0.2) is 25.3 Å². The first-order valence-corrected chi connectivity index (χ1v) is 19.1. The molecule has 5 heterocycles. The Labute approximate surface area is 313 Å². The fraction of sp³-hybridized carbons (Fsp3) is 0.706. The topological polar surface area (TPSA) is 320 Å². The van der Waals surface area contributed by atoms with E-state index in [9.17, 15) is 5.11 Å². The molecule has 4 aromatic rings. The third kappa shape index (κ3) is 9.93. The van der Waals surface area contributed by atoms with E-state index < -0.39 is 54.9 Å². The first-order valence-electron chi connectivity index (χ1n) is 19.1. The molecule has 0 bridgehead atoms. The van der Waals surface area contributed by atoms with Crippen molar-refractivity contribution in [2.75, 3.05) is 43.5 Å². The molecule has 6 rings (SSSR count). The van der Waals surface area contributed by atoms with Gasteiger partial charge in [-0.3, -0.25) is 0 Å². The average Bonchev–Trinajstić information content (AvgIpc) is 3.87. The number of rotatable bonds is 21. The lowest BCUT2D eigenvalue weighted by molar-refractivity contribution is -0.291. The zero-order chi connectivity index (χ0) is 37.9. The van der Waals surface area contributed by atoms with E-state index in [1.165, 1.54) is 12.7 Å². The number of fused-ring (bicyclic) bond motifs is 2. The van der Waals surface area contributed by atoms with Crippen LogP contribution in [0.25, 0.3) is 22.3 Å². The zero-order valence-electron chi connectivity index (χ0n) is 30.6. The maximum absolute atomic E-state index is 11.3. The van der Waals surface area contributed by atoms with Gasteiger partial charge in [-0.2, -0.15) is 0 Å². The van der Waals surface area contributed by atoms with E-state index >= 15 is 0 Å². The Hall–Kier alpha value is -3.70. The Balaban J connectivity index is 0.896. The van der Waals surface area contributed by atoms with E-state index in [2.05, 4.69) is 50.5 Å². The lowest BCUT2D eigenvalue weighted by Crippen LogP contribution is -2.69. The van der Waals surface area contributed by atoms with Crippen molar-refractivity contribution in [3.63, 3.8) is 0 Å². The molecule has 0 aromatic carbocycles. The van der Waals surface area contributed by atoms with Crippen LogP contribution in [0.2, 0.25) is 0 Å². The molecule has 54 heavy (non-hydrogen) atoms. The highest BCUT2D eigenvalue weighted by Gasteiger charge is 2.49. The molecule has 1 aliphatic carbocycles. The first kappa shape index (κ1) is 40.0. The summed E-state index contributed by atoms with van der Waals surface area (Å²) < 4.78 is 25.0. The molecule has 10 unspecified atom stereocenters. The van der Waals surface area contributed by atoms with Crippen molar-refractivity contribution in [3.8, 4) is 0 Å². The highest BCUT2D eigenvalue weighted by molar-refractivity contribution is 5.82. The number of aliphatic hydroxyl groups excluding tert-OH is 1. The minimum atomic E-state index is -1.07. The Kier molecular flexibility index (Phi) is 14.6. The number of nitrogens with two attached hydrogens (primary N) is 5. The standard InChI is InChI=1S/C34H57N15O5/c35-14-21-28(51-11-7-3-1-5-9-40-30-24-32(44-15-42-24)48-17-46-30)26(50)23(39)34(53-21)54-27-20(37)13-19(36)22(38)29(27)52-12-8-4-2-6-10-41-31-25-33(45-16-43-25)49-18-47-31/h15-23,26-29,34,50H,1-14,35-39H2,(H2,40,42,44,46,48)(H2,41,43,45,47,49). The number of anilines is 2. The fourth-order valence-electron chi connectivity index (χ4n) is 7.11. The van der Waals surface area contributed by atoms with Crippen LogP contribution in [-0.2, 0) is 18.9 Å². The molecule has 1 aliphatic heterocycles. The van der Waals surface area contributed by atoms with Gasteiger partial charge >= 0.3 is 0 Å². The molecule has 1 saturated heterocycles. The van der Waals surface area contributed by atoms with Crippen LogP contribution in [0.1, 0.15) is 57.8 Å². The van der Waals surface area contributed by atoms with Gasteiger partial charge in [0.15, 0.2) is 29.2 Å². The van der Waals surface area contributed by atoms with Crippen molar-refractivity contribution in [2.24, 2.45) is 28.7 Å². The van der Waals surface area contributed by atoms with Crippen LogP contribution in [0.4, 0.5) is 11.6 Å². The number of unbranched alkanes of at least 4 members (excludes halogenated alkanes) is 6. The number of imidazole rings is 2. The van der Waals surface area contributed by atoms with Gasteiger partial charge in [-0.05, 0) is 32.1 Å². The van der Waals surface area contributed by atoms with Gasteiger partial charge in [0.25, 0.3) is 0 Å². The van der Waals surface area contributed by atoms with Gasteiger partial charge in [-0.15, -0.1) is 0 Å². The third-order valence-electron chi connectivity index (χ3n) is 10.2. The van der Waals surface area contributed by atoms with E-state index in [4.69, 9.17) is 47.6 Å². The Morgan fingerprint density at radius 1 is 0.685 bits per heavy atom. The molecule has 298 valence electrons. The summed E-state index contributed by atoms with van der Waals surface area (Å²) in [4.78, 5) is 31.4. The predicted molar refractivity (Wildman–Crippen MR) is 202 cm³/mol. The number of hydrogen-bond donors (Lipinski definition) is 10. The number of ether oxygens (including phenoxy) is 4. The monoisotopic (exact) mass is 755 g/mol. The lowest BCUT2D eigenvalue weighted by atomic mass is 9.83. The predicted octanol–water partition coefficient (Wildman–Crippen LogP) is -0.423. The van der Waals surface area contributed by atoms with Crippen molar-refractivity contribution in [1.29, 1.82) is 0 Å². The highest BCUT2D eigenvalue weighted by Crippen LogP contribution is 2.29. The maximum atomic E-state index is 11.3. The van der Waals surface area contributed by atoms with Gasteiger partial charge in [-0.25, -0.2) is 29.9 Å². The average molecular weight is 756 g/mol. The van der Waals surface area contributed by atoms with Crippen molar-refractivity contribution in [1.82, 2.24) is 39.9 Å². The summed E-state index contributed by atoms with van der Waals surface area (Å²) in [5.41, 5.74) is 34.9. The minimum absolute atomic E-state index is 0.106. The van der Waals surface area contributed by atoms with Gasteiger partial charge in [0, 0.05) is 51.0 Å². The normalized spacial score (nSPS) is 28.9.